The van der Waals surface area contributed by atoms with Crippen LogP contribution in [0.4, 0.5) is 0 Å². The van der Waals surface area contributed by atoms with Gasteiger partial charge in [-0.1, -0.05) is 87.9 Å². The Kier molecular flexibility index (Phi) is 3.95. The van der Waals surface area contributed by atoms with E-state index < -0.39 is 0 Å². The van der Waals surface area contributed by atoms with Crippen LogP contribution in [0.15, 0.2) is 54.6 Å². The molecule has 0 aliphatic heterocycles. The topological polar surface area (TPSA) is 0 Å². The molecule has 0 spiro atoms. The molecule has 2 aromatic carbocycles. The fraction of sp³-hybridized carbons (Fsp3) is 0.455. The van der Waals surface area contributed by atoms with Crippen LogP contribution in [0.1, 0.15) is 52.5 Å². The zero-order valence-corrected chi connectivity index (χ0v) is 14.9. The first kappa shape index (κ1) is 16.4. The lowest BCUT2D eigenvalue weighted by Crippen LogP contribution is -2.44. The first-order valence-corrected chi connectivity index (χ1v) is 8.64. The summed E-state index contributed by atoms with van der Waals surface area (Å²) in [5, 5.41) is -0.222. The molecule has 2 aromatic rings. The van der Waals surface area contributed by atoms with Crippen LogP contribution in [0.2, 0.25) is 0 Å². The van der Waals surface area contributed by atoms with Crippen LogP contribution in [-0.2, 0) is 5.31 Å². The number of rotatable bonds is 2. The van der Waals surface area contributed by atoms with Crippen molar-refractivity contribution in [2.24, 2.45) is 10.8 Å². The predicted octanol–water partition coefficient (Wildman–Crippen LogP) is 5.95. The van der Waals surface area contributed by atoms with Crippen molar-refractivity contribution in [1.29, 1.82) is 0 Å². The lowest BCUT2D eigenvalue weighted by atomic mass is 9.46. The lowest BCUT2D eigenvalue weighted by molar-refractivity contribution is 0.0801. The normalized spacial score (nSPS) is 21.7. The summed E-state index contributed by atoms with van der Waals surface area (Å²) in [5.74, 6) is 0. The van der Waals surface area contributed by atoms with E-state index in [2.05, 4.69) is 82.3 Å². The maximum atomic E-state index is 6.92. The summed E-state index contributed by atoms with van der Waals surface area (Å²) in [7, 11) is 6.92. The largest absolute Gasteiger partial charge is 0.0811 e. The van der Waals surface area contributed by atoms with Gasteiger partial charge in [0.05, 0.1) is 7.85 Å². The highest BCUT2D eigenvalue weighted by atomic mass is 14.5. The molecule has 1 aliphatic rings. The van der Waals surface area contributed by atoms with Crippen LogP contribution in [0.25, 0.3) is 11.1 Å². The third-order valence-corrected chi connectivity index (χ3v) is 5.11. The maximum Gasteiger partial charge on any atom is 0.0811 e. The number of benzene rings is 2. The molecule has 0 aromatic heterocycles. The van der Waals surface area contributed by atoms with E-state index in [1.165, 1.54) is 23.1 Å². The highest BCUT2D eigenvalue weighted by Crippen LogP contribution is 2.53. The second kappa shape index (κ2) is 5.55. The molecule has 0 atom stereocenters. The van der Waals surface area contributed by atoms with Gasteiger partial charge in [-0.2, -0.15) is 0 Å². The van der Waals surface area contributed by atoms with Crippen LogP contribution in [0.3, 0.4) is 0 Å². The summed E-state index contributed by atoms with van der Waals surface area (Å²) in [6.07, 6.45) is 3.34. The van der Waals surface area contributed by atoms with E-state index in [-0.39, 0.29) is 16.1 Å². The van der Waals surface area contributed by atoms with Gasteiger partial charge in [-0.05, 0) is 46.5 Å². The third-order valence-electron chi connectivity index (χ3n) is 5.11. The van der Waals surface area contributed by atoms with Gasteiger partial charge in [-0.3, -0.25) is 0 Å². The quantitative estimate of drug-likeness (QED) is 0.601. The summed E-state index contributed by atoms with van der Waals surface area (Å²) >= 11 is 0. The fourth-order valence-electron chi connectivity index (χ4n) is 5.02. The van der Waals surface area contributed by atoms with Crippen molar-refractivity contribution in [1.82, 2.24) is 0 Å². The van der Waals surface area contributed by atoms with Crippen molar-refractivity contribution < 1.29 is 0 Å². The minimum Gasteiger partial charge on any atom is -0.0622 e. The number of hydrogen-bond donors (Lipinski definition) is 0. The first-order chi connectivity index (χ1) is 10.7. The molecule has 1 aliphatic carbocycles. The molecule has 3 rings (SSSR count). The zero-order chi connectivity index (χ0) is 16.7. The molecule has 2 radical (unpaired) electrons. The maximum absolute atomic E-state index is 6.92. The van der Waals surface area contributed by atoms with E-state index in [9.17, 15) is 0 Å². The Morgan fingerprint density at radius 2 is 1.13 bits per heavy atom. The molecule has 0 bridgehead atoms. The second-order valence-electron chi connectivity index (χ2n) is 8.96. The third kappa shape index (κ3) is 3.55. The minimum atomic E-state index is -0.222. The highest BCUT2D eigenvalue weighted by molar-refractivity contribution is 6.16. The fourth-order valence-corrected chi connectivity index (χ4v) is 5.02. The van der Waals surface area contributed by atoms with Crippen LogP contribution in [0, 0.1) is 10.8 Å². The van der Waals surface area contributed by atoms with E-state index in [1.54, 1.807) is 0 Å². The Hall–Kier alpha value is -1.50. The van der Waals surface area contributed by atoms with Crippen LogP contribution in [0.5, 0.6) is 0 Å². The Labute approximate surface area is 142 Å². The summed E-state index contributed by atoms with van der Waals surface area (Å²) in [5.41, 5.74) is 4.36. The molecule has 0 unspecified atom stereocenters. The van der Waals surface area contributed by atoms with Gasteiger partial charge < -0.3 is 0 Å². The van der Waals surface area contributed by atoms with Gasteiger partial charge in [-0.25, -0.2) is 0 Å². The van der Waals surface area contributed by atoms with Crippen LogP contribution < -0.4 is 0 Å². The smallest absolute Gasteiger partial charge is 0.0622 e. The van der Waals surface area contributed by atoms with Gasteiger partial charge >= 0.3 is 0 Å². The molecule has 1 heteroatoms. The van der Waals surface area contributed by atoms with Gasteiger partial charge in [0, 0.05) is 0 Å². The van der Waals surface area contributed by atoms with E-state index in [0.717, 1.165) is 12.8 Å². The van der Waals surface area contributed by atoms with Crippen LogP contribution in [-0.4, -0.2) is 7.85 Å². The van der Waals surface area contributed by atoms with E-state index >= 15 is 0 Å². The monoisotopic (exact) mass is 302 g/mol. The van der Waals surface area contributed by atoms with Gasteiger partial charge in [0.15, 0.2) is 0 Å². The van der Waals surface area contributed by atoms with E-state index in [4.69, 9.17) is 7.85 Å². The first-order valence-electron chi connectivity index (χ1n) is 8.64. The molecule has 0 nitrogen and oxygen atoms in total. The molecule has 1 fully saturated rings. The molecule has 0 amide bonds. The van der Waals surface area contributed by atoms with Crippen molar-refractivity contribution in [3.05, 3.63) is 60.2 Å². The molecular weight excluding hydrogens is 275 g/mol. The van der Waals surface area contributed by atoms with Gasteiger partial charge in [0.1, 0.15) is 0 Å². The zero-order valence-electron chi connectivity index (χ0n) is 14.9. The molecule has 0 heterocycles. The second-order valence-corrected chi connectivity index (χ2v) is 8.96. The Morgan fingerprint density at radius 1 is 0.652 bits per heavy atom. The van der Waals surface area contributed by atoms with E-state index in [0.29, 0.717) is 0 Å². The predicted molar refractivity (Wildman–Crippen MR) is 101 cm³/mol. The Balaban J connectivity index is 1.92. The Morgan fingerprint density at radius 3 is 1.65 bits per heavy atom. The van der Waals surface area contributed by atoms with Gasteiger partial charge in [0.25, 0.3) is 0 Å². The lowest BCUT2D eigenvalue weighted by Gasteiger charge is -2.51. The average Bonchev–Trinajstić information content (AvgIpc) is 2.44. The van der Waals surface area contributed by atoms with Crippen molar-refractivity contribution in [2.45, 2.75) is 52.3 Å². The van der Waals surface area contributed by atoms with E-state index in [1.807, 2.05) is 0 Å². The van der Waals surface area contributed by atoms with Crippen molar-refractivity contribution in [2.75, 3.05) is 0 Å². The molecule has 0 saturated heterocycles. The highest BCUT2D eigenvalue weighted by Gasteiger charge is 2.44. The van der Waals surface area contributed by atoms with Crippen molar-refractivity contribution in [3.8, 4) is 11.1 Å². The number of hydrogen-bond acceptors (Lipinski definition) is 0. The Bertz CT molecular complexity index is 649. The van der Waals surface area contributed by atoms with Crippen LogP contribution >= 0.6 is 0 Å². The molecule has 118 valence electrons. The summed E-state index contributed by atoms with van der Waals surface area (Å²) in [6, 6.07) is 19.4. The van der Waals surface area contributed by atoms with Gasteiger partial charge in [-0.15, -0.1) is 0 Å². The summed E-state index contributed by atoms with van der Waals surface area (Å²) in [6.45, 7) is 9.42. The molecular formula is C22H27B. The molecule has 23 heavy (non-hydrogen) atoms. The SMILES string of the molecule is [B]C1(c2ccc(-c3ccccc3)cc2)CC(C)(C)CC(C)(C)C1. The standard InChI is InChI=1S/C22H27B/c1-20(2)14-21(3,4)16-22(23,15-20)19-12-10-18(11-13-19)17-8-6-5-7-9-17/h5-13H,14-16H2,1-4H3. The average molecular weight is 302 g/mol. The minimum absolute atomic E-state index is 0.222. The van der Waals surface area contributed by atoms with Crippen molar-refractivity contribution >= 4 is 7.85 Å². The molecule has 1 saturated carbocycles. The summed E-state index contributed by atoms with van der Waals surface area (Å²) < 4.78 is 0. The van der Waals surface area contributed by atoms with Crippen molar-refractivity contribution in [3.63, 3.8) is 0 Å². The molecule has 0 N–H and O–H groups in total. The van der Waals surface area contributed by atoms with Gasteiger partial charge in [0.2, 0.25) is 0 Å². The summed E-state index contributed by atoms with van der Waals surface area (Å²) in [4.78, 5) is 0.